The van der Waals surface area contributed by atoms with E-state index in [1.807, 2.05) is 24.7 Å². The lowest BCUT2D eigenvalue weighted by Crippen LogP contribution is -2.22. The fourth-order valence-corrected chi connectivity index (χ4v) is 2.34. The quantitative estimate of drug-likeness (QED) is 0.912. The van der Waals surface area contributed by atoms with Gasteiger partial charge in [0.05, 0.1) is 11.3 Å². The monoisotopic (exact) mass is 287 g/mol. The number of nitrogens with one attached hydrogen (secondary N) is 1. The molecule has 2 rings (SSSR count). The van der Waals surface area contributed by atoms with E-state index in [2.05, 4.69) is 50.2 Å². The first-order valence-corrected chi connectivity index (χ1v) is 7.39. The second kappa shape index (κ2) is 6.31. The van der Waals surface area contributed by atoms with E-state index in [1.54, 1.807) is 0 Å². The molecule has 4 heteroatoms. The molecular formula is C17H25N3O. The van der Waals surface area contributed by atoms with Gasteiger partial charge >= 0.3 is 0 Å². The molecule has 1 aromatic heterocycles. The lowest BCUT2D eigenvalue weighted by atomic mass is 10.1. The summed E-state index contributed by atoms with van der Waals surface area (Å²) in [5.74, 6) is 1.70. The van der Waals surface area contributed by atoms with Gasteiger partial charge in [0.25, 0.3) is 0 Å². The van der Waals surface area contributed by atoms with Crippen LogP contribution in [0.5, 0.6) is 11.6 Å². The Kier molecular flexibility index (Phi) is 4.68. The summed E-state index contributed by atoms with van der Waals surface area (Å²) in [7, 11) is 1.92. The summed E-state index contributed by atoms with van der Waals surface area (Å²) in [4.78, 5) is 0. The molecular weight excluding hydrogens is 262 g/mol. The van der Waals surface area contributed by atoms with E-state index in [0.29, 0.717) is 6.04 Å². The number of nitrogens with zero attached hydrogens (tertiary/aromatic N) is 2. The van der Waals surface area contributed by atoms with E-state index in [1.165, 1.54) is 5.56 Å². The molecule has 0 unspecified atom stereocenters. The average Bonchev–Trinajstić information content (AvgIpc) is 2.65. The molecule has 0 radical (unpaired) electrons. The zero-order chi connectivity index (χ0) is 15.6. The number of ether oxygens (including phenoxy) is 1. The van der Waals surface area contributed by atoms with Gasteiger partial charge in [-0.3, -0.25) is 0 Å². The van der Waals surface area contributed by atoms with Gasteiger partial charge in [0.1, 0.15) is 5.75 Å². The topological polar surface area (TPSA) is 39.1 Å². The second-order valence-electron chi connectivity index (χ2n) is 5.90. The number of aryl methyl sites for hydroxylation is 4. The van der Waals surface area contributed by atoms with Crippen LogP contribution in [0.3, 0.4) is 0 Å². The Labute approximate surface area is 127 Å². The van der Waals surface area contributed by atoms with Crippen molar-refractivity contribution in [3.05, 3.63) is 40.6 Å². The molecule has 0 atom stereocenters. The van der Waals surface area contributed by atoms with Crippen LogP contribution in [0.1, 0.15) is 36.2 Å². The normalized spacial score (nSPS) is 11.2. The van der Waals surface area contributed by atoms with Gasteiger partial charge in [-0.1, -0.05) is 31.5 Å². The van der Waals surface area contributed by atoms with Crippen LogP contribution in [0.15, 0.2) is 18.2 Å². The molecule has 1 heterocycles. The van der Waals surface area contributed by atoms with E-state index in [0.717, 1.165) is 35.0 Å². The zero-order valence-electron chi connectivity index (χ0n) is 13.8. The largest absolute Gasteiger partial charge is 0.439 e. The molecule has 0 aliphatic rings. The molecule has 0 aliphatic heterocycles. The molecule has 114 valence electrons. The molecule has 4 nitrogen and oxygen atoms in total. The number of aromatic nitrogens is 2. The van der Waals surface area contributed by atoms with Crippen molar-refractivity contribution in [1.29, 1.82) is 0 Å². The average molecular weight is 287 g/mol. The Morgan fingerprint density at radius 2 is 1.95 bits per heavy atom. The fraction of sp³-hybridized carbons (Fsp3) is 0.471. The summed E-state index contributed by atoms with van der Waals surface area (Å²) in [6, 6.07) is 6.65. The van der Waals surface area contributed by atoms with E-state index in [-0.39, 0.29) is 0 Å². The molecule has 0 amide bonds. The minimum Gasteiger partial charge on any atom is -0.439 e. The van der Waals surface area contributed by atoms with Crippen LogP contribution in [0, 0.1) is 20.8 Å². The number of rotatable bonds is 5. The van der Waals surface area contributed by atoms with Crippen molar-refractivity contribution in [1.82, 2.24) is 15.1 Å². The summed E-state index contributed by atoms with van der Waals surface area (Å²) in [6.07, 6.45) is 0. The molecule has 0 spiro atoms. The van der Waals surface area contributed by atoms with E-state index in [9.17, 15) is 0 Å². The lowest BCUT2D eigenvalue weighted by Gasteiger charge is -2.13. The SMILES string of the molecule is Cc1ccc(Oc2c(CNC(C)C)c(C)nn2C)c(C)c1. The van der Waals surface area contributed by atoms with E-state index < -0.39 is 0 Å². The van der Waals surface area contributed by atoms with Crippen molar-refractivity contribution in [3.8, 4) is 11.6 Å². The van der Waals surface area contributed by atoms with Gasteiger partial charge < -0.3 is 10.1 Å². The summed E-state index contributed by atoms with van der Waals surface area (Å²) >= 11 is 0. The number of hydrogen-bond acceptors (Lipinski definition) is 3. The van der Waals surface area contributed by atoms with Gasteiger partial charge in [-0.25, -0.2) is 4.68 Å². The van der Waals surface area contributed by atoms with E-state index >= 15 is 0 Å². The second-order valence-corrected chi connectivity index (χ2v) is 5.90. The van der Waals surface area contributed by atoms with Gasteiger partial charge in [0.2, 0.25) is 5.88 Å². The third-order valence-corrected chi connectivity index (χ3v) is 3.51. The van der Waals surface area contributed by atoms with Gasteiger partial charge in [0.15, 0.2) is 0 Å². The van der Waals surface area contributed by atoms with Gasteiger partial charge in [-0.05, 0) is 32.4 Å². The third-order valence-electron chi connectivity index (χ3n) is 3.51. The summed E-state index contributed by atoms with van der Waals surface area (Å²) in [6.45, 7) is 11.2. The maximum absolute atomic E-state index is 6.14. The molecule has 0 aliphatic carbocycles. The standard InChI is InChI=1S/C17H25N3O/c1-11(2)18-10-15-14(5)19-20(6)17(15)21-16-8-7-12(3)9-13(16)4/h7-9,11,18H,10H2,1-6H3. The maximum atomic E-state index is 6.14. The van der Waals surface area contributed by atoms with Gasteiger partial charge in [-0.2, -0.15) is 5.10 Å². The molecule has 1 N–H and O–H groups in total. The molecule has 0 bridgehead atoms. The van der Waals surface area contributed by atoms with Crippen LogP contribution >= 0.6 is 0 Å². The first-order valence-electron chi connectivity index (χ1n) is 7.39. The Hall–Kier alpha value is -1.81. The Morgan fingerprint density at radius 1 is 1.24 bits per heavy atom. The van der Waals surface area contributed by atoms with Crippen LogP contribution in [-0.4, -0.2) is 15.8 Å². The predicted molar refractivity (Wildman–Crippen MR) is 85.9 cm³/mol. The summed E-state index contributed by atoms with van der Waals surface area (Å²) < 4.78 is 7.95. The highest BCUT2D eigenvalue weighted by molar-refractivity contribution is 5.41. The van der Waals surface area contributed by atoms with Crippen molar-refractivity contribution in [2.75, 3.05) is 0 Å². The smallest absolute Gasteiger partial charge is 0.222 e. The van der Waals surface area contributed by atoms with Crippen molar-refractivity contribution in [2.45, 2.75) is 47.2 Å². The molecule has 1 aromatic carbocycles. The Bertz CT molecular complexity index is 629. The van der Waals surface area contributed by atoms with Crippen molar-refractivity contribution in [2.24, 2.45) is 7.05 Å². The minimum absolute atomic E-state index is 0.429. The molecule has 0 saturated heterocycles. The molecule has 2 aromatic rings. The van der Waals surface area contributed by atoms with Crippen LogP contribution in [0.25, 0.3) is 0 Å². The van der Waals surface area contributed by atoms with Crippen LogP contribution in [0.4, 0.5) is 0 Å². The molecule has 0 fully saturated rings. The van der Waals surface area contributed by atoms with Crippen LogP contribution < -0.4 is 10.1 Å². The summed E-state index contributed by atoms with van der Waals surface area (Å²) in [5, 5.41) is 7.92. The molecule has 0 saturated carbocycles. The first-order chi connectivity index (χ1) is 9.88. The highest BCUT2D eigenvalue weighted by atomic mass is 16.5. The Balaban J connectivity index is 2.30. The van der Waals surface area contributed by atoms with E-state index in [4.69, 9.17) is 4.74 Å². The summed E-state index contributed by atoms with van der Waals surface area (Å²) in [5.41, 5.74) is 4.50. The predicted octanol–water partition coefficient (Wildman–Crippen LogP) is 3.64. The minimum atomic E-state index is 0.429. The number of hydrogen-bond donors (Lipinski definition) is 1. The third kappa shape index (κ3) is 3.64. The van der Waals surface area contributed by atoms with Crippen LogP contribution in [-0.2, 0) is 13.6 Å². The first kappa shape index (κ1) is 15.6. The Morgan fingerprint density at radius 3 is 2.57 bits per heavy atom. The van der Waals surface area contributed by atoms with Crippen molar-refractivity contribution in [3.63, 3.8) is 0 Å². The highest BCUT2D eigenvalue weighted by Gasteiger charge is 2.16. The zero-order valence-corrected chi connectivity index (χ0v) is 13.8. The maximum Gasteiger partial charge on any atom is 0.222 e. The van der Waals surface area contributed by atoms with Crippen molar-refractivity contribution >= 4 is 0 Å². The van der Waals surface area contributed by atoms with Crippen molar-refractivity contribution < 1.29 is 4.74 Å². The van der Waals surface area contributed by atoms with Gasteiger partial charge in [0, 0.05) is 19.6 Å². The fourth-order valence-electron chi connectivity index (χ4n) is 2.34. The van der Waals surface area contributed by atoms with Crippen LogP contribution in [0.2, 0.25) is 0 Å². The molecule has 21 heavy (non-hydrogen) atoms. The number of benzene rings is 1. The lowest BCUT2D eigenvalue weighted by molar-refractivity contribution is 0.419. The van der Waals surface area contributed by atoms with Gasteiger partial charge in [-0.15, -0.1) is 0 Å². The highest BCUT2D eigenvalue weighted by Crippen LogP contribution is 2.29.